The van der Waals surface area contributed by atoms with Gasteiger partial charge in [-0.15, -0.1) is 0 Å². The molecule has 2 aliphatic rings. The lowest BCUT2D eigenvalue weighted by molar-refractivity contribution is -0.134. The van der Waals surface area contributed by atoms with Crippen molar-refractivity contribution in [2.24, 2.45) is 0 Å². The van der Waals surface area contributed by atoms with Crippen LogP contribution in [-0.4, -0.2) is 43.1 Å². The SMILES string of the molecule is O=C(O)c1nc2n(c(=O)c1O)CC(=O)N1CCC[C@@H]21. The summed E-state index contributed by atoms with van der Waals surface area (Å²) in [5, 5.41) is 18.5. The first kappa shape index (κ1) is 11.7. The molecule has 3 rings (SSSR count). The van der Waals surface area contributed by atoms with Crippen LogP contribution in [0.15, 0.2) is 4.79 Å². The van der Waals surface area contributed by atoms with Crippen molar-refractivity contribution in [3.8, 4) is 5.75 Å². The van der Waals surface area contributed by atoms with Crippen molar-refractivity contribution in [3.05, 3.63) is 21.9 Å². The molecule has 1 aromatic rings. The Balaban J connectivity index is 2.26. The Morgan fingerprint density at radius 1 is 1.37 bits per heavy atom. The molecule has 3 heterocycles. The molecular formula is C11H11N3O5. The van der Waals surface area contributed by atoms with Crippen molar-refractivity contribution in [1.82, 2.24) is 14.5 Å². The fourth-order valence-corrected chi connectivity index (χ4v) is 2.68. The Morgan fingerprint density at radius 3 is 2.79 bits per heavy atom. The van der Waals surface area contributed by atoms with Crippen LogP contribution in [0.25, 0.3) is 0 Å². The van der Waals surface area contributed by atoms with Crippen LogP contribution in [0.4, 0.5) is 0 Å². The third-order valence-electron chi connectivity index (χ3n) is 3.54. The molecule has 1 fully saturated rings. The van der Waals surface area contributed by atoms with Crippen LogP contribution < -0.4 is 5.56 Å². The molecule has 19 heavy (non-hydrogen) atoms. The van der Waals surface area contributed by atoms with Crippen LogP contribution in [0.1, 0.15) is 35.2 Å². The van der Waals surface area contributed by atoms with Crippen molar-refractivity contribution < 1.29 is 19.8 Å². The fraction of sp³-hybridized carbons (Fsp3) is 0.455. The molecule has 0 unspecified atom stereocenters. The van der Waals surface area contributed by atoms with E-state index < -0.39 is 23.0 Å². The molecule has 1 amide bonds. The van der Waals surface area contributed by atoms with Gasteiger partial charge in [0.1, 0.15) is 12.4 Å². The molecule has 1 atom stereocenters. The zero-order valence-electron chi connectivity index (χ0n) is 9.87. The minimum absolute atomic E-state index is 0.203. The van der Waals surface area contributed by atoms with Crippen molar-refractivity contribution in [2.45, 2.75) is 25.4 Å². The van der Waals surface area contributed by atoms with Crippen LogP contribution >= 0.6 is 0 Å². The number of carbonyl (C=O) groups is 2. The zero-order chi connectivity index (χ0) is 13.7. The molecule has 100 valence electrons. The number of hydrogen-bond donors (Lipinski definition) is 2. The highest BCUT2D eigenvalue weighted by Gasteiger charge is 2.39. The summed E-state index contributed by atoms with van der Waals surface area (Å²) < 4.78 is 1.07. The molecule has 0 spiro atoms. The molecule has 8 heteroatoms. The van der Waals surface area contributed by atoms with Crippen LogP contribution in [0.3, 0.4) is 0 Å². The number of hydrogen-bond acceptors (Lipinski definition) is 5. The number of amides is 1. The van der Waals surface area contributed by atoms with E-state index in [1.165, 1.54) is 0 Å². The average Bonchev–Trinajstić information content (AvgIpc) is 2.84. The minimum Gasteiger partial charge on any atom is -0.501 e. The third kappa shape index (κ3) is 1.52. The summed E-state index contributed by atoms with van der Waals surface area (Å²) in [6.07, 6.45) is 1.43. The standard InChI is InChI=1S/C11H11N3O5/c15-6-4-14-9(5-2-1-3-13(5)6)12-7(11(18)19)8(16)10(14)17/h5,16H,1-4H2,(H,18,19)/t5-/m0/s1. The number of carboxylic acids is 1. The highest BCUT2D eigenvalue weighted by molar-refractivity contribution is 5.88. The summed E-state index contributed by atoms with van der Waals surface area (Å²) in [4.78, 5) is 40.2. The van der Waals surface area contributed by atoms with Gasteiger partial charge in [-0.25, -0.2) is 9.78 Å². The number of carboxylic acid groups (broad SMARTS) is 1. The van der Waals surface area contributed by atoms with Crippen molar-refractivity contribution in [1.29, 1.82) is 0 Å². The molecule has 1 aromatic heterocycles. The summed E-state index contributed by atoms with van der Waals surface area (Å²) in [6.45, 7) is 0.383. The van der Waals surface area contributed by atoms with Crippen molar-refractivity contribution in [3.63, 3.8) is 0 Å². The van der Waals surface area contributed by atoms with Crippen molar-refractivity contribution in [2.75, 3.05) is 6.54 Å². The van der Waals surface area contributed by atoms with E-state index in [1.807, 2.05) is 0 Å². The van der Waals surface area contributed by atoms with E-state index in [2.05, 4.69) is 4.98 Å². The fourth-order valence-electron chi connectivity index (χ4n) is 2.68. The third-order valence-corrected chi connectivity index (χ3v) is 3.54. The smallest absolute Gasteiger partial charge is 0.358 e. The first-order valence-electron chi connectivity index (χ1n) is 5.87. The Labute approximate surface area is 106 Å². The topological polar surface area (TPSA) is 113 Å². The second-order valence-corrected chi connectivity index (χ2v) is 4.61. The van der Waals surface area contributed by atoms with E-state index in [0.717, 1.165) is 11.0 Å². The number of carbonyl (C=O) groups excluding carboxylic acids is 1. The van der Waals surface area contributed by atoms with Gasteiger partial charge in [0.2, 0.25) is 11.7 Å². The van der Waals surface area contributed by atoms with Crippen LogP contribution in [0, 0.1) is 0 Å². The first-order chi connectivity index (χ1) is 9.00. The summed E-state index contributed by atoms with van der Waals surface area (Å²) in [5.74, 6) is -2.34. The molecule has 0 radical (unpaired) electrons. The molecule has 2 aliphatic heterocycles. The molecular weight excluding hydrogens is 254 g/mol. The van der Waals surface area contributed by atoms with Gasteiger partial charge in [-0.2, -0.15) is 0 Å². The van der Waals surface area contributed by atoms with E-state index in [1.54, 1.807) is 4.90 Å². The lowest BCUT2D eigenvalue weighted by Gasteiger charge is -2.31. The molecule has 0 saturated carbocycles. The van der Waals surface area contributed by atoms with Gasteiger partial charge in [0.15, 0.2) is 5.69 Å². The van der Waals surface area contributed by atoms with E-state index in [4.69, 9.17) is 5.11 Å². The Kier molecular flexibility index (Phi) is 2.34. The number of aromatic carboxylic acids is 1. The summed E-state index contributed by atoms with van der Waals surface area (Å²) >= 11 is 0. The van der Waals surface area contributed by atoms with E-state index >= 15 is 0 Å². The summed E-state index contributed by atoms with van der Waals surface area (Å²) in [5.41, 5.74) is -1.53. The molecule has 2 N–H and O–H groups in total. The van der Waals surface area contributed by atoms with Crippen molar-refractivity contribution >= 4 is 11.9 Å². The highest BCUT2D eigenvalue weighted by Crippen LogP contribution is 2.34. The molecule has 8 nitrogen and oxygen atoms in total. The predicted octanol–water partition coefficient (Wildman–Crippen LogP) is -0.676. The zero-order valence-corrected chi connectivity index (χ0v) is 9.87. The Morgan fingerprint density at radius 2 is 2.11 bits per heavy atom. The maximum Gasteiger partial charge on any atom is 0.358 e. The van der Waals surface area contributed by atoms with Gasteiger partial charge < -0.3 is 15.1 Å². The lowest BCUT2D eigenvalue weighted by Crippen LogP contribution is -2.45. The van der Waals surface area contributed by atoms with E-state index in [9.17, 15) is 19.5 Å². The lowest BCUT2D eigenvalue weighted by atomic mass is 10.1. The molecule has 0 bridgehead atoms. The first-order valence-corrected chi connectivity index (χ1v) is 5.87. The number of fused-ring (bicyclic) bond motifs is 3. The number of aromatic hydroxyl groups is 1. The number of aromatic nitrogens is 2. The van der Waals surface area contributed by atoms with Gasteiger partial charge in [-0.1, -0.05) is 0 Å². The Hall–Kier alpha value is -2.38. The van der Waals surface area contributed by atoms with Gasteiger partial charge in [-0.3, -0.25) is 14.2 Å². The number of rotatable bonds is 1. The van der Waals surface area contributed by atoms with Crippen LogP contribution in [0.5, 0.6) is 5.75 Å². The van der Waals surface area contributed by atoms with Gasteiger partial charge in [0.25, 0.3) is 5.56 Å². The monoisotopic (exact) mass is 265 g/mol. The maximum absolute atomic E-state index is 11.9. The van der Waals surface area contributed by atoms with Gasteiger partial charge in [-0.05, 0) is 12.8 Å². The van der Waals surface area contributed by atoms with Crippen LogP contribution in [0.2, 0.25) is 0 Å². The van der Waals surface area contributed by atoms with Crippen LogP contribution in [-0.2, 0) is 11.3 Å². The number of nitrogens with zero attached hydrogens (tertiary/aromatic N) is 3. The maximum atomic E-state index is 11.9. The summed E-state index contributed by atoms with van der Waals surface area (Å²) in [7, 11) is 0. The minimum atomic E-state index is -1.46. The van der Waals surface area contributed by atoms with E-state index in [-0.39, 0.29) is 24.3 Å². The predicted molar refractivity (Wildman–Crippen MR) is 60.8 cm³/mol. The van der Waals surface area contributed by atoms with Gasteiger partial charge >= 0.3 is 5.97 Å². The van der Waals surface area contributed by atoms with Gasteiger partial charge in [0.05, 0.1) is 6.04 Å². The molecule has 1 saturated heterocycles. The van der Waals surface area contributed by atoms with Gasteiger partial charge in [0, 0.05) is 6.54 Å². The second kappa shape index (κ2) is 3.81. The largest absolute Gasteiger partial charge is 0.501 e. The average molecular weight is 265 g/mol. The highest BCUT2D eigenvalue weighted by atomic mass is 16.4. The molecule has 0 aromatic carbocycles. The molecule has 0 aliphatic carbocycles. The second-order valence-electron chi connectivity index (χ2n) is 4.61. The Bertz CT molecular complexity index is 650. The summed E-state index contributed by atoms with van der Waals surface area (Å²) in [6, 6.07) is -0.368. The quantitative estimate of drug-likeness (QED) is 0.696. The van der Waals surface area contributed by atoms with E-state index in [0.29, 0.717) is 13.0 Å². The normalized spacial score (nSPS) is 21.2.